The Kier molecular flexibility index (Phi) is 3.90. The zero-order valence-corrected chi connectivity index (χ0v) is 13.2. The fourth-order valence-electron chi connectivity index (χ4n) is 1.66. The molecular weight excluding hydrogens is 304 g/mol. The molecule has 0 saturated heterocycles. The van der Waals surface area contributed by atoms with Crippen LogP contribution in [0.1, 0.15) is 26.6 Å². The van der Waals surface area contributed by atoms with Crippen LogP contribution in [0, 0.1) is 0 Å². The maximum Gasteiger partial charge on any atom is 0.135 e. The second kappa shape index (κ2) is 5.29. The molecule has 1 heterocycles. The number of ether oxygens (including phenoxy) is 1. The van der Waals surface area contributed by atoms with Gasteiger partial charge in [-0.15, -0.1) is 0 Å². The molecule has 0 aliphatic heterocycles. The van der Waals surface area contributed by atoms with Gasteiger partial charge >= 0.3 is 0 Å². The van der Waals surface area contributed by atoms with E-state index in [0.717, 1.165) is 27.4 Å². The summed E-state index contributed by atoms with van der Waals surface area (Å²) < 4.78 is 5.97. The predicted molar refractivity (Wildman–Crippen MR) is 80.4 cm³/mol. The lowest BCUT2D eigenvalue weighted by molar-refractivity contribution is 0.415. The summed E-state index contributed by atoms with van der Waals surface area (Å²) in [6, 6.07) is 9.79. The number of benzene rings is 1. The Bertz CT molecular complexity index is 574. The van der Waals surface area contributed by atoms with Crippen LogP contribution in [0.5, 0.6) is 5.75 Å². The number of rotatable bonds is 2. The summed E-state index contributed by atoms with van der Waals surface area (Å²) in [6.45, 7) is 6.31. The molecule has 4 heteroatoms. The number of methoxy groups -OCH3 is 1. The second-order valence-electron chi connectivity index (χ2n) is 5.38. The minimum absolute atomic E-state index is 0.0784. The smallest absolute Gasteiger partial charge is 0.135 e. The van der Waals surface area contributed by atoms with Crippen molar-refractivity contribution in [2.75, 3.05) is 7.11 Å². The molecule has 2 rings (SSSR count). The van der Waals surface area contributed by atoms with Crippen LogP contribution in [-0.2, 0) is 5.41 Å². The van der Waals surface area contributed by atoms with Crippen molar-refractivity contribution in [1.29, 1.82) is 0 Å². The normalized spacial score (nSPS) is 11.4. The summed E-state index contributed by atoms with van der Waals surface area (Å²) >= 11 is 3.46. The van der Waals surface area contributed by atoms with E-state index in [-0.39, 0.29) is 5.41 Å². The highest BCUT2D eigenvalue weighted by molar-refractivity contribution is 9.10. The van der Waals surface area contributed by atoms with Gasteiger partial charge in [-0.05, 0) is 46.3 Å². The molecule has 19 heavy (non-hydrogen) atoms. The Morgan fingerprint density at radius 2 is 1.68 bits per heavy atom. The van der Waals surface area contributed by atoms with Gasteiger partial charge in [-0.2, -0.15) is 0 Å². The van der Waals surface area contributed by atoms with Gasteiger partial charge in [0.05, 0.1) is 12.8 Å². The Morgan fingerprint density at radius 1 is 1.05 bits per heavy atom. The zero-order valence-electron chi connectivity index (χ0n) is 11.6. The molecule has 1 aromatic heterocycles. The first-order valence-electron chi connectivity index (χ1n) is 6.09. The Balaban J connectivity index is 2.46. The first kappa shape index (κ1) is 14.0. The molecule has 0 aliphatic carbocycles. The SMILES string of the molecule is COc1ccc(-c2cc(Br)nc(C(C)(C)C)n2)cc1. The van der Waals surface area contributed by atoms with Gasteiger partial charge in [-0.3, -0.25) is 0 Å². The van der Waals surface area contributed by atoms with Crippen LogP contribution in [0.15, 0.2) is 34.9 Å². The zero-order chi connectivity index (χ0) is 14.0. The summed E-state index contributed by atoms with van der Waals surface area (Å²) in [5, 5.41) is 0. The third kappa shape index (κ3) is 3.32. The van der Waals surface area contributed by atoms with Crippen molar-refractivity contribution in [3.8, 4) is 17.0 Å². The van der Waals surface area contributed by atoms with Gasteiger partial charge in [0.15, 0.2) is 0 Å². The van der Waals surface area contributed by atoms with Crippen molar-refractivity contribution < 1.29 is 4.74 Å². The third-order valence-corrected chi connectivity index (χ3v) is 3.16. The van der Waals surface area contributed by atoms with Crippen LogP contribution >= 0.6 is 15.9 Å². The summed E-state index contributed by atoms with van der Waals surface area (Å²) in [6.07, 6.45) is 0. The highest BCUT2D eigenvalue weighted by Gasteiger charge is 2.19. The van der Waals surface area contributed by atoms with Crippen molar-refractivity contribution in [2.24, 2.45) is 0 Å². The summed E-state index contributed by atoms with van der Waals surface area (Å²) in [7, 11) is 1.66. The molecule has 100 valence electrons. The molecule has 0 bridgehead atoms. The van der Waals surface area contributed by atoms with Gasteiger partial charge in [-0.25, -0.2) is 9.97 Å². The molecule has 0 atom stereocenters. The van der Waals surface area contributed by atoms with Crippen LogP contribution < -0.4 is 4.74 Å². The average molecular weight is 321 g/mol. The molecule has 0 saturated carbocycles. The number of halogens is 1. The number of nitrogens with zero attached hydrogens (tertiary/aromatic N) is 2. The molecule has 0 aliphatic rings. The van der Waals surface area contributed by atoms with E-state index in [9.17, 15) is 0 Å². The Morgan fingerprint density at radius 3 is 2.21 bits per heavy atom. The van der Waals surface area contributed by atoms with E-state index in [4.69, 9.17) is 4.74 Å². The monoisotopic (exact) mass is 320 g/mol. The molecule has 0 spiro atoms. The fraction of sp³-hybridized carbons (Fsp3) is 0.333. The molecule has 0 unspecified atom stereocenters. The first-order chi connectivity index (χ1) is 8.90. The Hall–Kier alpha value is -1.42. The average Bonchev–Trinajstić information content (AvgIpc) is 2.37. The van der Waals surface area contributed by atoms with E-state index in [0.29, 0.717) is 0 Å². The van der Waals surface area contributed by atoms with Gasteiger partial charge < -0.3 is 4.74 Å². The van der Waals surface area contributed by atoms with E-state index >= 15 is 0 Å². The standard InChI is InChI=1S/C15H17BrN2O/c1-15(2,3)14-17-12(9-13(16)18-14)10-5-7-11(19-4)8-6-10/h5-9H,1-4H3. The van der Waals surface area contributed by atoms with Crippen molar-refractivity contribution in [3.05, 3.63) is 40.8 Å². The summed E-state index contributed by atoms with van der Waals surface area (Å²) in [5.74, 6) is 1.67. The van der Waals surface area contributed by atoms with Crippen molar-refractivity contribution >= 4 is 15.9 Å². The lowest BCUT2D eigenvalue weighted by Gasteiger charge is -2.17. The van der Waals surface area contributed by atoms with Crippen LogP contribution in [-0.4, -0.2) is 17.1 Å². The maximum atomic E-state index is 5.16. The highest BCUT2D eigenvalue weighted by atomic mass is 79.9. The molecule has 0 amide bonds. The second-order valence-corrected chi connectivity index (χ2v) is 6.19. The third-order valence-electron chi connectivity index (χ3n) is 2.75. The van der Waals surface area contributed by atoms with Crippen LogP contribution in [0.4, 0.5) is 0 Å². The molecule has 0 radical (unpaired) electrons. The molecular formula is C15H17BrN2O. The van der Waals surface area contributed by atoms with Gasteiger partial charge in [0.2, 0.25) is 0 Å². The van der Waals surface area contributed by atoms with Gasteiger partial charge in [0.25, 0.3) is 0 Å². The Labute approximate surface area is 122 Å². The minimum atomic E-state index is -0.0784. The molecule has 2 aromatic rings. The topological polar surface area (TPSA) is 35.0 Å². The van der Waals surface area contributed by atoms with E-state index in [1.165, 1.54) is 0 Å². The van der Waals surface area contributed by atoms with E-state index < -0.39 is 0 Å². The van der Waals surface area contributed by atoms with Crippen molar-refractivity contribution in [1.82, 2.24) is 9.97 Å². The van der Waals surface area contributed by atoms with Crippen LogP contribution in [0.3, 0.4) is 0 Å². The van der Waals surface area contributed by atoms with Crippen molar-refractivity contribution in [3.63, 3.8) is 0 Å². The highest BCUT2D eigenvalue weighted by Crippen LogP contribution is 2.26. The predicted octanol–water partition coefficient (Wildman–Crippen LogP) is 4.21. The van der Waals surface area contributed by atoms with Crippen LogP contribution in [0.2, 0.25) is 0 Å². The largest absolute Gasteiger partial charge is 0.497 e. The van der Waals surface area contributed by atoms with E-state index in [1.807, 2.05) is 30.3 Å². The van der Waals surface area contributed by atoms with Crippen LogP contribution in [0.25, 0.3) is 11.3 Å². The molecule has 1 aromatic carbocycles. The van der Waals surface area contributed by atoms with Gasteiger partial charge in [-0.1, -0.05) is 20.8 Å². The number of hydrogen-bond donors (Lipinski definition) is 0. The maximum absolute atomic E-state index is 5.16. The fourth-order valence-corrected chi connectivity index (χ4v) is 2.05. The quantitative estimate of drug-likeness (QED) is 0.777. The number of aromatic nitrogens is 2. The van der Waals surface area contributed by atoms with Gasteiger partial charge in [0.1, 0.15) is 16.2 Å². The molecule has 3 nitrogen and oxygen atoms in total. The summed E-state index contributed by atoms with van der Waals surface area (Å²) in [5.41, 5.74) is 1.88. The van der Waals surface area contributed by atoms with E-state index in [2.05, 4.69) is 46.7 Å². The van der Waals surface area contributed by atoms with Gasteiger partial charge in [0, 0.05) is 11.0 Å². The number of hydrogen-bond acceptors (Lipinski definition) is 3. The summed E-state index contributed by atoms with van der Waals surface area (Å²) in [4.78, 5) is 9.09. The van der Waals surface area contributed by atoms with E-state index in [1.54, 1.807) is 7.11 Å². The lowest BCUT2D eigenvalue weighted by atomic mass is 9.95. The lowest BCUT2D eigenvalue weighted by Crippen LogP contribution is -2.16. The minimum Gasteiger partial charge on any atom is -0.497 e. The van der Waals surface area contributed by atoms with Crippen molar-refractivity contribution in [2.45, 2.75) is 26.2 Å². The molecule has 0 fully saturated rings. The first-order valence-corrected chi connectivity index (χ1v) is 6.89. The molecule has 0 N–H and O–H groups in total.